The summed E-state index contributed by atoms with van der Waals surface area (Å²) in [6, 6.07) is 10.6. The topological polar surface area (TPSA) is 43.2 Å². The van der Waals surface area contributed by atoms with Gasteiger partial charge in [-0.25, -0.2) is 0 Å². The Bertz CT molecular complexity index is 806. The van der Waals surface area contributed by atoms with E-state index in [1.807, 2.05) is 0 Å². The normalized spacial score (nSPS) is 21.7. The van der Waals surface area contributed by atoms with E-state index >= 15 is 0 Å². The van der Waals surface area contributed by atoms with Gasteiger partial charge in [-0.2, -0.15) is 0 Å². The van der Waals surface area contributed by atoms with Crippen LogP contribution < -0.4 is 0 Å². The summed E-state index contributed by atoms with van der Waals surface area (Å²) in [6.45, 7) is 6.43. The van der Waals surface area contributed by atoms with Crippen LogP contribution in [0.3, 0.4) is 0 Å². The molecule has 0 aliphatic carbocycles. The molecule has 0 bridgehead atoms. The first-order chi connectivity index (χ1) is 14.2. The highest BCUT2D eigenvalue weighted by Crippen LogP contribution is 2.30. The van der Waals surface area contributed by atoms with E-state index in [0.717, 1.165) is 55.8 Å². The van der Waals surface area contributed by atoms with Gasteiger partial charge in [0.15, 0.2) is 5.16 Å². The summed E-state index contributed by atoms with van der Waals surface area (Å²) >= 11 is 1.79. The lowest BCUT2D eigenvalue weighted by molar-refractivity contribution is 0.129. The second kappa shape index (κ2) is 9.92. The second-order valence-electron chi connectivity index (χ2n) is 8.30. The SMILES string of the molecule is C/C(=C\c1ccccc1)CN1CCC(c2nnc(SCC3CCCO3)n2C)CC1. The molecule has 0 radical (unpaired) electrons. The molecule has 1 atom stereocenters. The van der Waals surface area contributed by atoms with Crippen molar-refractivity contribution in [3.05, 3.63) is 47.3 Å². The molecule has 4 rings (SSSR count). The summed E-state index contributed by atoms with van der Waals surface area (Å²) in [4.78, 5) is 2.56. The molecule has 2 fully saturated rings. The minimum Gasteiger partial charge on any atom is -0.377 e. The number of rotatable bonds is 7. The summed E-state index contributed by atoms with van der Waals surface area (Å²) in [5.74, 6) is 2.65. The molecule has 2 saturated heterocycles. The van der Waals surface area contributed by atoms with Crippen molar-refractivity contribution in [2.45, 2.75) is 49.8 Å². The Hall–Kier alpha value is -1.63. The van der Waals surface area contributed by atoms with Gasteiger partial charge >= 0.3 is 0 Å². The monoisotopic (exact) mass is 412 g/mol. The number of hydrogen-bond acceptors (Lipinski definition) is 5. The van der Waals surface area contributed by atoms with Crippen LogP contribution in [-0.4, -0.2) is 57.8 Å². The molecule has 156 valence electrons. The van der Waals surface area contributed by atoms with Crippen LogP contribution in [0, 0.1) is 0 Å². The van der Waals surface area contributed by atoms with Crippen LogP contribution in [0.4, 0.5) is 0 Å². The van der Waals surface area contributed by atoms with E-state index in [9.17, 15) is 0 Å². The third kappa shape index (κ3) is 5.50. The molecule has 2 aromatic rings. The van der Waals surface area contributed by atoms with Gasteiger partial charge in [-0.3, -0.25) is 4.90 Å². The lowest BCUT2D eigenvalue weighted by atomic mass is 9.95. The van der Waals surface area contributed by atoms with E-state index in [4.69, 9.17) is 4.74 Å². The molecule has 6 heteroatoms. The molecule has 0 saturated carbocycles. The highest BCUT2D eigenvalue weighted by molar-refractivity contribution is 7.99. The number of likely N-dealkylation sites (tertiary alicyclic amines) is 1. The fourth-order valence-corrected chi connectivity index (χ4v) is 5.32. The lowest BCUT2D eigenvalue weighted by Gasteiger charge is -2.31. The molecule has 1 aromatic carbocycles. The smallest absolute Gasteiger partial charge is 0.191 e. The van der Waals surface area contributed by atoms with E-state index in [2.05, 4.69) is 70.0 Å². The van der Waals surface area contributed by atoms with Gasteiger partial charge in [0.25, 0.3) is 0 Å². The maximum absolute atomic E-state index is 5.73. The molecule has 3 heterocycles. The summed E-state index contributed by atoms with van der Waals surface area (Å²) in [5.41, 5.74) is 2.70. The standard InChI is InChI=1S/C23H32N4OS/c1-18(15-19-7-4-3-5-8-19)16-27-12-10-20(11-13-27)22-24-25-23(26(22)2)29-17-21-9-6-14-28-21/h3-5,7-8,15,20-21H,6,9-14,16-17H2,1-2H3/b18-15+. The van der Waals surface area contributed by atoms with Gasteiger partial charge in [0, 0.05) is 31.9 Å². The maximum atomic E-state index is 5.73. The Kier molecular flexibility index (Phi) is 7.06. The number of hydrogen-bond donors (Lipinski definition) is 0. The van der Waals surface area contributed by atoms with Crippen LogP contribution >= 0.6 is 11.8 Å². The van der Waals surface area contributed by atoms with Crippen molar-refractivity contribution < 1.29 is 4.74 Å². The number of piperidine rings is 1. The average Bonchev–Trinajstić information content (AvgIpc) is 3.37. The lowest BCUT2D eigenvalue weighted by Crippen LogP contribution is -2.34. The number of nitrogens with zero attached hydrogens (tertiary/aromatic N) is 4. The average molecular weight is 413 g/mol. The van der Waals surface area contributed by atoms with E-state index in [0.29, 0.717) is 12.0 Å². The molecule has 2 aliphatic heterocycles. The van der Waals surface area contributed by atoms with Crippen molar-refractivity contribution in [2.24, 2.45) is 7.05 Å². The van der Waals surface area contributed by atoms with Gasteiger partial charge in [-0.05, 0) is 51.3 Å². The van der Waals surface area contributed by atoms with E-state index in [1.165, 1.54) is 24.0 Å². The molecular weight excluding hydrogens is 380 g/mol. The van der Waals surface area contributed by atoms with Gasteiger partial charge in [-0.15, -0.1) is 10.2 Å². The Labute approximate surface area is 178 Å². The number of ether oxygens (including phenoxy) is 1. The minimum atomic E-state index is 0.385. The third-order valence-corrected chi connectivity index (χ3v) is 7.08. The summed E-state index contributed by atoms with van der Waals surface area (Å²) < 4.78 is 7.94. The van der Waals surface area contributed by atoms with E-state index < -0.39 is 0 Å². The van der Waals surface area contributed by atoms with Crippen molar-refractivity contribution >= 4 is 17.8 Å². The highest BCUT2D eigenvalue weighted by Gasteiger charge is 2.26. The first-order valence-electron chi connectivity index (χ1n) is 10.8. The molecule has 1 aromatic heterocycles. The van der Waals surface area contributed by atoms with E-state index in [-0.39, 0.29) is 0 Å². The van der Waals surface area contributed by atoms with Crippen molar-refractivity contribution in [3.63, 3.8) is 0 Å². The van der Waals surface area contributed by atoms with Crippen molar-refractivity contribution in [2.75, 3.05) is 32.0 Å². The maximum Gasteiger partial charge on any atom is 0.191 e. The largest absolute Gasteiger partial charge is 0.377 e. The first-order valence-corrected chi connectivity index (χ1v) is 11.8. The van der Waals surface area contributed by atoms with Gasteiger partial charge in [-0.1, -0.05) is 53.7 Å². The Morgan fingerprint density at radius 1 is 1.17 bits per heavy atom. The second-order valence-corrected chi connectivity index (χ2v) is 9.28. The molecule has 0 spiro atoms. The molecular formula is C23H32N4OS. The van der Waals surface area contributed by atoms with Crippen LogP contribution in [-0.2, 0) is 11.8 Å². The highest BCUT2D eigenvalue weighted by atomic mass is 32.2. The fraction of sp³-hybridized carbons (Fsp3) is 0.565. The quantitative estimate of drug-likeness (QED) is 0.632. The molecule has 0 amide bonds. The number of benzene rings is 1. The van der Waals surface area contributed by atoms with Crippen LogP contribution in [0.5, 0.6) is 0 Å². The predicted molar refractivity (Wildman–Crippen MR) is 119 cm³/mol. The zero-order chi connectivity index (χ0) is 20.1. The van der Waals surface area contributed by atoms with Crippen LogP contribution in [0.15, 0.2) is 41.1 Å². The van der Waals surface area contributed by atoms with Crippen LogP contribution in [0.25, 0.3) is 6.08 Å². The first kappa shape index (κ1) is 20.6. The molecule has 5 nitrogen and oxygen atoms in total. The van der Waals surface area contributed by atoms with Crippen LogP contribution in [0.2, 0.25) is 0 Å². The summed E-state index contributed by atoms with van der Waals surface area (Å²) in [7, 11) is 2.12. The Balaban J connectivity index is 1.27. The Morgan fingerprint density at radius 3 is 2.69 bits per heavy atom. The van der Waals surface area contributed by atoms with Gasteiger partial charge in [0.05, 0.1) is 6.10 Å². The van der Waals surface area contributed by atoms with Crippen molar-refractivity contribution in [1.29, 1.82) is 0 Å². The van der Waals surface area contributed by atoms with Crippen LogP contribution in [0.1, 0.15) is 49.9 Å². The summed E-state index contributed by atoms with van der Waals surface area (Å²) in [5, 5.41) is 10.0. The fourth-order valence-electron chi connectivity index (χ4n) is 4.33. The van der Waals surface area contributed by atoms with Gasteiger partial charge < -0.3 is 9.30 Å². The zero-order valence-electron chi connectivity index (χ0n) is 17.6. The third-order valence-electron chi connectivity index (χ3n) is 5.93. The minimum absolute atomic E-state index is 0.385. The molecule has 0 N–H and O–H groups in total. The van der Waals surface area contributed by atoms with Crippen molar-refractivity contribution in [3.8, 4) is 0 Å². The Morgan fingerprint density at radius 2 is 1.97 bits per heavy atom. The summed E-state index contributed by atoms with van der Waals surface area (Å²) in [6.07, 6.45) is 7.35. The van der Waals surface area contributed by atoms with Gasteiger partial charge in [0.2, 0.25) is 0 Å². The number of aromatic nitrogens is 3. The molecule has 29 heavy (non-hydrogen) atoms. The molecule has 1 unspecified atom stereocenters. The molecule has 2 aliphatic rings. The van der Waals surface area contributed by atoms with Crippen molar-refractivity contribution in [1.82, 2.24) is 19.7 Å². The number of thioether (sulfide) groups is 1. The van der Waals surface area contributed by atoms with Gasteiger partial charge in [0.1, 0.15) is 5.82 Å². The zero-order valence-corrected chi connectivity index (χ0v) is 18.4. The predicted octanol–water partition coefficient (Wildman–Crippen LogP) is 4.37. The van der Waals surface area contributed by atoms with E-state index in [1.54, 1.807) is 11.8 Å².